The van der Waals surface area contributed by atoms with Crippen LogP contribution >= 0.6 is 0 Å². The molecule has 0 radical (unpaired) electrons. The second kappa shape index (κ2) is 7.16. The number of aromatic amines is 1. The fourth-order valence-corrected chi connectivity index (χ4v) is 3.75. The van der Waals surface area contributed by atoms with Gasteiger partial charge >= 0.3 is 5.97 Å². The molecule has 0 fully saturated rings. The summed E-state index contributed by atoms with van der Waals surface area (Å²) in [6.45, 7) is 2.18. The number of carbonyl (C=O) groups excluding carboxylic acids is 1. The molecule has 3 aromatic carbocycles. The minimum Gasteiger partial charge on any atom is -0.508 e. The third-order valence-electron chi connectivity index (χ3n) is 4.95. The SMILES string of the molecule is CCOC(=O)CC(c1cccc2ccccc12)c1c[nH]c2cc(O)ccc12. The lowest BCUT2D eigenvalue weighted by Gasteiger charge is -2.19. The number of aromatic hydroxyl groups is 1. The van der Waals surface area contributed by atoms with Crippen LogP contribution in [0.25, 0.3) is 21.7 Å². The quantitative estimate of drug-likeness (QED) is 0.487. The van der Waals surface area contributed by atoms with Crippen molar-refractivity contribution in [2.45, 2.75) is 19.3 Å². The summed E-state index contributed by atoms with van der Waals surface area (Å²) in [5.74, 6) is -0.153. The molecule has 0 saturated carbocycles. The van der Waals surface area contributed by atoms with Crippen molar-refractivity contribution in [2.24, 2.45) is 0 Å². The molecule has 4 nitrogen and oxygen atoms in total. The molecular weight excluding hydrogens is 338 g/mol. The first-order chi connectivity index (χ1) is 13.2. The molecule has 0 spiro atoms. The maximum Gasteiger partial charge on any atom is 0.306 e. The van der Waals surface area contributed by atoms with Gasteiger partial charge in [-0.1, -0.05) is 42.5 Å². The first-order valence-electron chi connectivity index (χ1n) is 9.10. The number of aromatic nitrogens is 1. The fourth-order valence-electron chi connectivity index (χ4n) is 3.75. The molecule has 0 aliphatic carbocycles. The monoisotopic (exact) mass is 359 g/mol. The number of nitrogens with one attached hydrogen (secondary N) is 1. The van der Waals surface area contributed by atoms with Crippen molar-refractivity contribution in [1.29, 1.82) is 0 Å². The minimum absolute atomic E-state index is 0.145. The van der Waals surface area contributed by atoms with E-state index < -0.39 is 0 Å². The van der Waals surface area contributed by atoms with Crippen LogP contribution in [0, 0.1) is 0 Å². The van der Waals surface area contributed by atoms with E-state index in [1.807, 2.05) is 37.4 Å². The standard InChI is InChI=1S/C23H21NO3/c1-2-27-23(26)13-20(18-9-5-7-15-6-3-4-8-17(15)18)21-14-24-22-12-16(25)10-11-19(21)22/h3-12,14,20,24-25H,2,13H2,1H3. The van der Waals surface area contributed by atoms with Crippen molar-refractivity contribution in [2.75, 3.05) is 6.61 Å². The van der Waals surface area contributed by atoms with E-state index in [0.717, 1.165) is 32.8 Å². The van der Waals surface area contributed by atoms with Crippen LogP contribution in [0.5, 0.6) is 5.75 Å². The van der Waals surface area contributed by atoms with Gasteiger partial charge in [0.2, 0.25) is 0 Å². The summed E-state index contributed by atoms with van der Waals surface area (Å²) in [4.78, 5) is 15.6. The van der Waals surface area contributed by atoms with Crippen LogP contribution < -0.4 is 0 Å². The Morgan fingerprint density at radius 2 is 1.85 bits per heavy atom. The van der Waals surface area contributed by atoms with E-state index in [4.69, 9.17) is 4.74 Å². The molecule has 136 valence electrons. The van der Waals surface area contributed by atoms with Crippen LogP contribution in [0.15, 0.2) is 66.9 Å². The zero-order valence-electron chi connectivity index (χ0n) is 15.1. The highest BCUT2D eigenvalue weighted by molar-refractivity contribution is 5.90. The van der Waals surface area contributed by atoms with Crippen LogP contribution in [0.1, 0.15) is 30.4 Å². The van der Waals surface area contributed by atoms with Crippen molar-refractivity contribution in [3.05, 3.63) is 78.0 Å². The van der Waals surface area contributed by atoms with Gasteiger partial charge in [-0.15, -0.1) is 0 Å². The molecule has 0 saturated heterocycles. The highest BCUT2D eigenvalue weighted by Gasteiger charge is 2.23. The number of H-pyrrole nitrogens is 1. The number of ether oxygens (including phenoxy) is 1. The van der Waals surface area contributed by atoms with Crippen LogP contribution in [-0.4, -0.2) is 22.7 Å². The van der Waals surface area contributed by atoms with E-state index in [1.54, 1.807) is 12.1 Å². The van der Waals surface area contributed by atoms with Crippen molar-refractivity contribution >= 4 is 27.6 Å². The Morgan fingerprint density at radius 1 is 1.04 bits per heavy atom. The molecule has 0 amide bonds. The molecule has 0 bridgehead atoms. The number of esters is 1. The topological polar surface area (TPSA) is 62.3 Å². The highest BCUT2D eigenvalue weighted by Crippen LogP contribution is 2.37. The van der Waals surface area contributed by atoms with Crippen molar-refractivity contribution in [3.8, 4) is 5.75 Å². The summed E-state index contributed by atoms with van der Waals surface area (Å²) in [5.41, 5.74) is 2.96. The first kappa shape index (κ1) is 17.2. The van der Waals surface area contributed by atoms with Crippen LogP contribution in [-0.2, 0) is 9.53 Å². The fraction of sp³-hybridized carbons (Fsp3) is 0.174. The Kier molecular flexibility index (Phi) is 4.55. The van der Waals surface area contributed by atoms with Crippen molar-refractivity contribution in [1.82, 2.24) is 4.98 Å². The highest BCUT2D eigenvalue weighted by atomic mass is 16.5. The number of phenols is 1. The molecule has 27 heavy (non-hydrogen) atoms. The Bertz CT molecular complexity index is 1110. The van der Waals surface area contributed by atoms with Gasteiger partial charge in [0.1, 0.15) is 5.75 Å². The number of carbonyl (C=O) groups is 1. The molecule has 4 heteroatoms. The smallest absolute Gasteiger partial charge is 0.306 e. The Labute approximate surface area is 157 Å². The third-order valence-corrected chi connectivity index (χ3v) is 4.95. The summed E-state index contributed by atoms with van der Waals surface area (Å²) < 4.78 is 5.25. The van der Waals surface area contributed by atoms with E-state index >= 15 is 0 Å². The first-order valence-corrected chi connectivity index (χ1v) is 9.10. The molecule has 1 atom stereocenters. The van der Waals surface area contributed by atoms with Gasteiger partial charge in [-0.2, -0.15) is 0 Å². The lowest BCUT2D eigenvalue weighted by Crippen LogP contribution is -2.12. The molecule has 4 aromatic rings. The number of hydrogen-bond donors (Lipinski definition) is 2. The normalized spacial score (nSPS) is 12.3. The molecule has 4 rings (SSSR count). The van der Waals surface area contributed by atoms with E-state index in [-0.39, 0.29) is 24.1 Å². The second-order valence-electron chi connectivity index (χ2n) is 6.60. The van der Waals surface area contributed by atoms with Gasteiger partial charge in [0.15, 0.2) is 0 Å². The van der Waals surface area contributed by atoms with Crippen LogP contribution in [0.3, 0.4) is 0 Å². The molecule has 1 unspecified atom stereocenters. The lowest BCUT2D eigenvalue weighted by molar-refractivity contribution is -0.143. The second-order valence-corrected chi connectivity index (χ2v) is 6.60. The minimum atomic E-state index is -0.219. The maximum absolute atomic E-state index is 12.4. The summed E-state index contributed by atoms with van der Waals surface area (Å²) in [6.07, 6.45) is 2.19. The average Bonchev–Trinajstić information content (AvgIpc) is 3.09. The van der Waals surface area contributed by atoms with Crippen LogP contribution in [0.4, 0.5) is 0 Å². The van der Waals surface area contributed by atoms with Gasteiger partial charge in [-0.3, -0.25) is 4.79 Å². The third kappa shape index (κ3) is 3.26. The number of benzene rings is 3. The van der Waals surface area contributed by atoms with Gasteiger partial charge < -0.3 is 14.8 Å². The summed E-state index contributed by atoms with van der Waals surface area (Å²) in [6, 6.07) is 19.6. The zero-order chi connectivity index (χ0) is 18.8. The van der Waals surface area contributed by atoms with Gasteiger partial charge in [0.05, 0.1) is 13.0 Å². The molecule has 0 aliphatic heterocycles. The Morgan fingerprint density at radius 3 is 2.70 bits per heavy atom. The van der Waals surface area contributed by atoms with E-state index in [0.29, 0.717) is 6.61 Å². The number of fused-ring (bicyclic) bond motifs is 2. The summed E-state index contributed by atoms with van der Waals surface area (Å²) in [5, 5.41) is 13.0. The Hall–Kier alpha value is -3.27. The largest absolute Gasteiger partial charge is 0.508 e. The van der Waals surface area contributed by atoms with E-state index in [1.165, 1.54) is 0 Å². The van der Waals surface area contributed by atoms with Gasteiger partial charge in [0, 0.05) is 29.1 Å². The van der Waals surface area contributed by atoms with Crippen LogP contribution in [0.2, 0.25) is 0 Å². The Balaban J connectivity index is 1.89. The van der Waals surface area contributed by atoms with Crippen molar-refractivity contribution < 1.29 is 14.6 Å². The maximum atomic E-state index is 12.4. The number of hydrogen-bond acceptors (Lipinski definition) is 3. The number of phenolic OH excluding ortho intramolecular Hbond substituents is 1. The van der Waals surface area contributed by atoms with Gasteiger partial charge in [0.25, 0.3) is 0 Å². The predicted octanol–water partition coefficient (Wildman–Crippen LogP) is 5.11. The predicted molar refractivity (Wildman–Crippen MR) is 107 cm³/mol. The molecule has 1 aromatic heterocycles. The molecular formula is C23H21NO3. The zero-order valence-corrected chi connectivity index (χ0v) is 15.1. The van der Waals surface area contributed by atoms with Gasteiger partial charge in [-0.25, -0.2) is 0 Å². The summed E-state index contributed by atoms with van der Waals surface area (Å²) >= 11 is 0. The van der Waals surface area contributed by atoms with Crippen molar-refractivity contribution in [3.63, 3.8) is 0 Å². The lowest BCUT2D eigenvalue weighted by atomic mass is 9.85. The van der Waals surface area contributed by atoms with E-state index in [2.05, 4.69) is 29.2 Å². The molecule has 0 aliphatic rings. The average molecular weight is 359 g/mol. The number of rotatable bonds is 5. The molecule has 1 heterocycles. The van der Waals surface area contributed by atoms with Gasteiger partial charge in [-0.05, 0) is 41.0 Å². The molecule has 2 N–H and O–H groups in total. The van der Waals surface area contributed by atoms with E-state index in [9.17, 15) is 9.90 Å². The summed E-state index contributed by atoms with van der Waals surface area (Å²) in [7, 11) is 0.